The van der Waals surface area contributed by atoms with Crippen LogP contribution in [0.4, 0.5) is 0 Å². The molecule has 1 unspecified atom stereocenters. The van der Waals surface area contributed by atoms with Crippen molar-refractivity contribution in [2.45, 2.75) is 12.5 Å². The van der Waals surface area contributed by atoms with Gasteiger partial charge in [0.05, 0.1) is 0 Å². The van der Waals surface area contributed by atoms with E-state index >= 15 is 0 Å². The molecule has 0 aliphatic carbocycles. The van der Waals surface area contributed by atoms with E-state index in [1.54, 1.807) is 0 Å². The molecule has 17 heavy (non-hydrogen) atoms. The highest BCUT2D eigenvalue weighted by Gasteiger charge is 2.26. The van der Waals surface area contributed by atoms with Crippen LogP contribution in [0.1, 0.15) is 5.56 Å². The van der Waals surface area contributed by atoms with Crippen LogP contribution in [0.25, 0.3) is 0 Å². The third-order valence-corrected chi connectivity index (χ3v) is 2.32. The predicted molar refractivity (Wildman–Crippen MR) is 65.3 cm³/mol. The lowest BCUT2D eigenvalue weighted by atomic mass is 10.1. The smallest absolute Gasteiger partial charge is 0.252 e. The lowest BCUT2D eigenvalue weighted by Crippen LogP contribution is -2.31. The van der Waals surface area contributed by atoms with Gasteiger partial charge in [0.25, 0.3) is 5.91 Å². The van der Waals surface area contributed by atoms with E-state index in [9.17, 15) is 4.79 Å². The first-order chi connectivity index (χ1) is 8.15. The van der Waals surface area contributed by atoms with E-state index in [1.165, 1.54) is 0 Å². The van der Waals surface area contributed by atoms with E-state index in [4.69, 9.17) is 11.5 Å². The minimum atomic E-state index is -0.463. The molecule has 6 nitrogen and oxygen atoms in total. The van der Waals surface area contributed by atoms with Crippen molar-refractivity contribution in [3.63, 3.8) is 0 Å². The number of nitrogens with two attached hydrogens (primary N) is 2. The molecule has 0 bridgehead atoms. The highest BCUT2D eigenvalue weighted by Crippen LogP contribution is 2.09. The standard InChI is InChI=1S/C11H13N5O/c12-10(13)16-11-14-8(9(17)15-11)6-7-4-2-1-3-5-7/h1-5,8H,6H2,(H5,12,13,14,15,16,17). The number of carbonyl (C=O) groups is 1. The summed E-state index contributed by atoms with van der Waals surface area (Å²) in [6, 6.07) is 9.19. The first kappa shape index (κ1) is 11.1. The lowest BCUT2D eigenvalue weighted by molar-refractivity contribution is -0.120. The average Bonchev–Trinajstić information content (AvgIpc) is 2.59. The number of nitrogens with zero attached hydrogens (tertiary/aromatic N) is 2. The molecule has 6 heteroatoms. The van der Waals surface area contributed by atoms with Crippen molar-refractivity contribution >= 4 is 17.8 Å². The number of benzene rings is 1. The summed E-state index contributed by atoms with van der Waals surface area (Å²) in [5.41, 5.74) is 11.5. The topological polar surface area (TPSA) is 106 Å². The monoisotopic (exact) mass is 231 g/mol. The zero-order valence-corrected chi connectivity index (χ0v) is 9.13. The van der Waals surface area contributed by atoms with Crippen molar-refractivity contribution in [2.24, 2.45) is 21.5 Å². The fourth-order valence-electron chi connectivity index (χ4n) is 1.59. The molecule has 1 heterocycles. The zero-order chi connectivity index (χ0) is 12.3. The number of nitrogens with one attached hydrogen (secondary N) is 1. The maximum atomic E-state index is 11.6. The van der Waals surface area contributed by atoms with Gasteiger partial charge in [-0.05, 0) is 5.56 Å². The van der Waals surface area contributed by atoms with Crippen molar-refractivity contribution in [1.29, 1.82) is 0 Å². The van der Waals surface area contributed by atoms with Gasteiger partial charge in [-0.3, -0.25) is 10.1 Å². The van der Waals surface area contributed by atoms with Crippen LogP contribution in [0.15, 0.2) is 40.3 Å². The number of rotatable bonds is 2. The SMILES string of the molecule is NC(N)=NC1=NC(Cc2ccccc2)C(=O)N1. The van der Waals surface area contributed by atoms with Crippen LogP contribution >= 0.6 is 0 Å². The molecule has 88 valence electrons. The van der Waals surface area contributed by atoms with E-state index in [2.05, 4.69) is 15.3 Å². The van der Waals surface area contributed by atoms with Gasteiger partial charge in [0.1, 0.15) is 6.04 Å². The summed E-state index contributed by atoms with van der Waals surface area (Å²) >= 11 is 0. The Hall–Kier alpha value is -2.37. The van der Waals surface area contributed by atoms with Crippen LogP contribution in [0.5, 0.6) is 0 Å². The maximum absolute atomic E-state index is 11.6. The molecule has 0 fully saturated rings. The molecule has 1 amide bonds. The van der Waals surface area contributed by atoms with Crippen LogP contribution in [0.2, 0.25) is 0 Å². The Balaban J connectivity index is 2.10. The molecular formula is C11H13N5O. The second-order valence-corrected chi connectivity index (χ2v) is 3.68. The molecule has 0 saturated heterocycles. The van der Waals surface area contributed by atoms with Gasteiger partial charge in [-0.2, -0.15) is 4.99 Å². The maximum Gasteiger partial charge on any atom is 0.252 e. The molecule has 1 aliphatic heterocycles. The molecule has 0 saturated carbocycles. The summed E-state index contributed by atoms with van der Waals surface area (Å²) in [6.07, 6.45) is 0.538. The summed E-state index contributed by atoms with van der Waals surface area (Å²) in [6.45, 7) is 0. The molecular weight excluding hydrogens is 218 g/mol. The molecule has 1 aromatic rings. The van der Waals surface area contributed by atoms with Crippen LogP contribution < -0.4 is 16.8 Å². The van der Waals surface area contributed by atoms with E-state index in [-0.39, 0.29) is 17.8 Å². The van der Waals surface area contributed by atoms with E-state index < -0.39 is 6.04 Å². The van der Waals surface area contributed by atoms with E-state index in [0.717, 1.165) is 5.56 Å². The van der Waals surface area contributed by atoms with Crippen molar-refractivity contribution in [1.82, 2.24) is 5.32 Å². The number of amides is 1. The van der Waals surface area contributed by atoms with Gasteiger partial charge in [0, 0.05) is 6.42 Å². The number of aliphatic imine (C=N–C) groups is 2. The van der Waals surface area contributed by atoms with Gasteiger partial charge < -0.3 is 11.5 Å². The second-order valence-electron chi connectivity index (χ2n) is 3.68. The zero-order valence-electron chi connectivity index (χ0n) is 9.13. The minimum Gasteiger partial charge on any atom is -0.370 e. The Bertz CT molecular complexity index is 476. The highest BCUT2D eigenvalue weighted by atomic mass is 16.2. The summed E-state index contributed by atoms with van der Waals surface area (Å²) in [4.78, 5) is 19.4. The van der Waals surface area contributed by atoms with Crippen LogP contribution in [0.3, 0.4) is 0 Å². The number of guanidine groups is 2. The first-order valence-electron chi connectivity index (χ1n) is 5.17. The largest absolute Gasteiger partial charge is 0.370 e. The Morgan fingerprint density at radius 1 is 1.35 bits per heavy atom. The van der Waals surface area contributed by atoms with E-state index in [0.29, 0.717) is 6.42 Å². The Morgan fingerprint density at radius 3 is 2.71 bits per heavy atom. The predicted octanol–water partition coefficient (Wildman–Crippen LogP) is -0.643. The second kappa shape index (κ2) is 4.65. The van der Waals surface area contributed by atoms with Gasteiger partial charge in [0.2, 0.25) is 5.96 Å². The lowest BCUT2D eigenvalue weighted by Gasteiger charge is -2.03. The Morgan fingerprint density at radius 2 is 2.06 bits per heavy atom. The van der Waals surface area contributed by atoms with Crippen LogP contribution in [0, 0.1) is 0 Å². The third-order valence-electron chi connectivity index (χ3n) is 2.32. The highest BCUT2D eigenvalue weighted by molar-refractivity contribution is 6.08. The van der Waals surface area contributed by atoms with Crippen molar-refractivity contribution in [3.05, 3.63) is 35.9 Å². The number of hydrogen-bond donors (Lipinski definition) is 3. The molecule has 0 radical (unpaired) electrons. The van der Waals surface area contributed by atoms with Gasteiger partial charge in [-0.25, -0.2) is 4.99 Å². The fraction of sp³-hybridized carbons (Fsp3) is 0.182. The number of hydrogen-bond acceptors (Lipinski definition) is 3. The molecule has 1 atom stereocenters. The van der Waals surface area contributed by atoms with Crippen LogP contribution in [-0.4, -0.2) is 23.9 Å². The quantitative estimate of drug-likeness (QED) is 0.465. The van der Waals surface area contributed by atoms with E-state index in [1.807, 2.05) is 30.3 Å². The summed E-state index contributed by atoms with van der Waals surface area (Å²) < 4.78 is 0. The van der Waals surface area contributed by atoms with Gasteiger partial charge >= 0.3 is 0 Å². The summed E-state index contributed by atoms with van der Waals surface area (Å²) in [5.74, 6) is -0.130. The summed E-state index contributed by atoms with van der Waals surface area (Å²) in [7, 11) is 0. The molecule has 1 aromatic carbocycles. The minimum absolute atomic E-state index is 0.121. The van der Waals surface area contributed by atoms with Gasteiger partial charge in [0.15, 0.2) is 5.96 Å². The fourth-order valence-corrected chi connectivity index (χ4v) is 1.59. The van der Waals surface area contributed by atoms with Crippen LogP contribution in [-0.2, 0) is 11.2 Å². The van der Waals surface area contributed by atoms with Gasteiger partial charge in [-0.15, -0.1) is 0 Å². The van der Waals surface area contributed by atoms with Crippen molar-refractivity contribution < 1.29 is 4.79 Å². The average molecular weight is 231 g/mol. The Labute approximate surface area is 98.4 Å². The van der Waals surface area contributed by atoms with Gasteiger partial charge in [-0.1, -0.05) is 30.3 Å². The summed E-state index contributed by atoms with van der Waals surface area (Å²) in [5, 5.41) is 2.52. The van der Waals surface area contributed by atoms with Crippen molar-refractivity contribution in [3.8, 4) is 0 Å². The van der Waals surface area contributed by atoms with Crippen molar-refractivity contribution in [2.75, 3.05) is 0 Å². The Kier molecular flexibility index (Phi) is 3.04. The number of carbonyl (C=O) groups excluding carboxylic acids is 1. The third kappa shape index (κ3) is 2.81. The first-order valence-corrected chi connectivity index (χ1v) is 5.17. The molecule has 0 spiro atoms. The molecule has 5 N–H and O–H groups in total. The normalized spacial score (nSPS) is 18.5. The molecule has 1 aliphatic rings. The molecule has 2 rings (SSSR count). The molecule has 0 aromatic heterocycles.